The molecule has 4 rings (SSSR count). The number of nitrogens with one attached hydrogen (secondary N) is 1. The van der Waals surface area contributed by atoms with Crippen LogP contribution in [0.5, 0.6) is 0 Å². The van der Waals surface area contributed by atoms with Crippen LogP contribution >= 0.6 is 23.2 Å². The molecule has 168 valence electrons. The first-order valence-electron chi connectivity index (χ1n) is 10.1. The number of benzene rings is 2. The Hall–Kier alpha value is -2.24. The normalized spacial score (nSPS) is 28.3. The fourth-order valence-electron chi connectivity index (χ4n) is 4.97. The molecule has 5 nitrogen and oxygen atoms in total. The Morgan fingerprint density at radius 2 is 1.97 bits per heavy atom. The van der Waals surface area contributed by atoms with Crippen LogP contribution in [0.15, 0.2) is 36.4 Å². The highest BCUT2D eigenvalue weighted by Gasteiger charge is 2.63. The summed E-state index contributed by atoms with van der Waals surface area (Å²) in [6.45, 7) is -0.149. The van der Waals surface area contributed by atoms with E-state index in [9.17, 15) is 20.3 Å². The van der Waals surface area contributed by atoms with Gasteiger partial charge in [0, 0.05) is 29.2 Å². The second-order valence-corrected chi connectivity index (χ2v) is 9.47. The van der Waals surface area contributed by atoms with Crippen molar-refractivity contribution < 1.29 is 23.8 Å². The number of carboxylic acid groups (broad SMARTS) is 1. The minimum atomic E-state index is -1.80. The molecule has 9 heteroatoms. The average molecular weight is 481 g/mol. The number of aliphatic hydroxyl groups excluding tert-OH is 1. The predicted octanol–water partition coefficient (Wildman–Crippen LogP) is 4.40. The number of carboxylic acids is 1. The monoisotopic (exact) mass is 480 g/mol. The van der Waals surface area contributed by atoms with Crippen molar-refractivity contribution in [3.8, 4) is 6.07 Å². The van der Waals surface area contributed by atoms with Gasteiger partial charge in [0.2, 0.25) is 0 Å². The smallest absolute Gasteiger partial charge is 0.321 e. The van der Waals surface area contributed by atoms with Gasteiger partial charge in [-0.3, -0.25) is 10.1 Å². The molecule has 1 aliphatic heterocycles. The van der Waals surface area contributed by atoms with Gasteiger partial charge in [-0.05, 0) is 48.4 Å². The van der Waals surface area contributed by atoms with E-state index in [1.54, 1.807) is 0 Å². The third kappa shape index (κ3) is 3.56. The maximum Gasteiger partial charge on any atom is 0.321 e. The zero-order chi connectivity index (χ0) is 23.3. The molecule has 2 aromatic rings. The fraction of sp³-hybridized carbons (Fsp3) is 0.391. The van der Waals surface area contributed by atoms with Gasteiger partial charge in [0.1, 0.15) is 23.1 Å². The predicted molar refractivity (Wildman–Crippen MR) is 115 cm³/mol. The molecular formula is C23H20Cl2F2N2O3. The summed E-state index contributed by atoms with van der Waals surface area (Å²) in [6.07, 6.45) is 1.61. The largest absolute Gasteiger partial charge is 0.480 e. The Balaban J connectivity index is 1.99. The van der Waals surface area contributed by atoms with E-state index in [1.807, 2.05) is 0 Å². The lowest BCUT2D eigenvalue weighted by Crippen LogP contribution is -2.44. The number of nitriles is 1. The number of rotatable bonds is 6. The number of halogens is 4. The van der Waals surface area contributed by atoms with E-state index in [-0.39, 0.29) is 34.2 Å². The second-order valence-electron chi connectivity index (χ2n) is 8.62. The number of carbonyl (C=O) groups is 1. The first kappa shape index (κ1) is 22.9. The second kappa shape index (κ2) is 8.27. The lowest BCUT2D eigenvalue weighted by atomic mass is 9.63. The van der Waals surface area contributed by atoms with Gasteiger partial charge < -0.3 is 10.2 Å². The summed E-state index contributed by atoms with van der Waals surface area (Å²) in [5.41, 5.74) is -2.46. The summed E-state index contributed by atoms with van der Waals surface area (Å²) in [5.74, 6) is -4.25. The molecule has 0 bridgehead atoms. The molecule has 1 saturated heterocycles. The molecular weight excluding hydrogens is 461 g/mol. The van der Waals surface area contributed by atoms with E-state index in [0.717, 1.165) is 6.07 Å². The van der Waals surface area contributed by atoms with Crippen LogP contribution in [0.2, 0.25) is 10.0 Å². The Morgan fingerprint density at radius 3 is 2.53 bits per heavy atom. The van der Waals surface area contributed by atoms with Gasteiger partial charge in [0.25, 0.3) is 0 Å². The summed E-state index contributed by atoms with van der Waals surface area (Å²) in [4.78, 5) is 12.3. The van der Waals surface area contributed by atoms with Gasteiger partial charge in [-0.2, -0.15) is 5.26 Å². The molecule has 4 atom stereocenters. The molecule has 0 radical (unpaired) electrons. The highest BCUT2D eigenvalue weighted by molar-refractivity contribution is 6.31. The van der Waals surface area contributed by atoms with E-state index in [2.05, 4.69) is 11.4 Å². The zero-order valence-electron chi connectivity index (χ0n) is 16.8. The van der Waals surface area contributed by atoms with E-state index >= 15 is 8.78 Å². The van der Waals surface area contributed by atoms with Crippen molar-refractivity contribution in [2.75, 3.05) is 6.61 Å². The molecule has 2 fully saturated rings. The minimum Gasteiger partial charge on any atom is -0.480 e. The van der Waals surface area contributed by atoms with E-state index < -0.39 is 46.4 Å². The molecule has 2 aliphatic rings. The highest BCUT2D eigenvalue weighted by Crippen LogP contribution is 2.57. The van der Waals surface area contributed by atoms with Crippen molar-refractivity contribution in [2.45, 2.75) is 42.7 Å². The van der Waals surface area contributed by atoms with Crippen LogP contribution in [0, 0.1) is 28.4 Å². The molecule has 0 aromatic heterocycles. The van der Waals surface area contributed by atoms with Crippen LogP contribution in [0.1, 0.15) is 36.3 Å². The van der Waals surface area contributed by atoms with Crippen molar-refractivity contribution in [1.29, 1.82) is 5.26 Å². The van der Waals surface area contributed by atoms with Crippen LogP contribution < -0.4 is 5.32 Å². The quantitative estimate of drug-likeness (QED) is 0.569. The lowest BCUT2D eigenvalue weighted by Gasteiger charge is -2.36. The Labute approximate surface area is 193 Å². The zero-order valence-corrected chi connectivity index (χ0v) is 18.3. The molecule has 1 heterocycles. The van der Waals surface area contributed by atoms with Crippen LogP contribution in [-0.4, -0.2) is 34.9 Å². The standard InChI is InChI=1S/C23H20Cl2F2N2O3/c24-12-4-5-14(16(26)8-12)23(10-28)17(9-22(11-30)6-7-22)29-20(21(31)32)18(23)13-2-1-3-15(25)19(13)27/h1-5,8,17-18,20,29-30H,6-7,9,11H2,(H,31,32)/t17-,18-,20+,23-/m0/s1. The Bertz CT molecular complexity index is 1120. The van der Waals surface area contributed by atoms with E-state index in [0.29, 0.717) is 12.8 Å². The van der Waals surface area contributed by atoms with Gasteiger partial charge >= 0.3 is 5.97 Å². The SMILES string of the molecule is N#C[C@]1(c2ccc(Cl)cc2F)[C@H](CC2(CO)CC2)N[C@@H](C(=O)O)[C@@H]1c1cccc(Cl)c1F. The molecule has 1 saturated carbocycles. The molecule has 0 unspecified atom stereocenters. The summed E-state index contributed by atoms with van der Waals surface area (Å²) in [7, 11) is 0. The molecule has 1 aliphatic carbocycles. The van der Waals surface area contributed by atoms with Gasteiger partial charge in [0.15, 0.2) is 0 Å². The number of nitrogens with zero attached hydrogens (tertiary/aromatic N) is 1. The van der Waals surface area contributed by atoms with Crippen molar-refractivity contribution in [3.63, 3.8) is 0 Å². The molecule has 3 N–H and O–H groups in total. The number of hydrogen-bond acceptors (Lipinski definition) is 4. The first-order valence-corrected chi connectivity index (χ1v) is 10.8. The van der Waals surface area contributed by atoms with Crippen molar-refractivity contribution in [1.82, 2.24) is 5.32 Å². The third-order valence-electron chi connectivity index (χ3n) is 6.83. The maximum atomic E-state index is 15.3. The fourth-order valence-corrected chi connectivity index (χ4v) is 5.31. The molecule has 0 spiro atoms. The van der Waals surface area contributed by atoms with Crippen molar-refractivity contribution >= 4 is 29.2 Å². The maximum absolute atomic E-state index is 15.3. The highest BCUT2D eigenvalue weighted by atomic mass is 35.5. The Kier molecular flexibility index (Phi) is 5.93. The van der Waals surface area contributed by atoms with Crippen LogP contribution in [0.25, 0.3) is 0 Å². The summed E-state index contributed by atoms with van der Waals surface area (Å²) in [5, 5.41) is 33.2. The van der Waals surface area contributed by atoms with Gasteiger partial charge in [-0.1, -0.05) is 41.4 Å². The minimum absolute atomic E-state index is 0.0798. The van der Waals surface area contributed by atoms with Gasteiger partial charge in [-0.25, -0.2) is 8.78 Å². The molecule has 2 aromatic carbocycles. The van der Waals surface area contributed by atoms with Crippen LogP contribution in [-0.2, 0) is 10.2 Å². The van der Waals surface area contributed by atoms with Gasteiger partial charge in [0.05, 0.1) is 11.1 Å². The number of aliphatic carboxylic acids is 1. The van der Waals surface area contributed by atoms with E-state index in [4.69, 9.17) is 23.2 Å². The van der Waals surface area contributed by atoms with Crippen molar-refractivity contribution in [3.05, 3.63) is 69.2 Å². The summed E-state index contributed by atoms with van der Waals surface area (Å²) in [6, 6.07) is 7.84. The van der Waals surface area contributed by atoms with Crippen LogP contribution in [0.3, 0.4) is 0 Å². The number of aliphatic hydroxyl groups is 1. The van der Waals surface area contributed by atoms with Crippen LogP contribution in [0.4, 0.5) is 8.78 Å². The lowest BCUT2D eigenvalue weighted by molar-refractivity contribution is -0.139. The van der Waals surface area contributed by atoms with Crippen molar-refractivity contribution in [2.24, 2.45) is 5.41 Å². The summed E-state index contributed by atoms with van der Waals surface area (Å²) >= 11 is 11.9. The molecule has 0 amide bonds. The van der Waals surface area contributed by atoms with E-state index in [1.165, 1.54) is 30.3 Å². The van der Waals surface area contributed by atoms with Gasteiger partial charge in [-0.15, -0.1) is 0 Å². The third-order valence-corrected chi connectivity index (χ3v) is 7.36. The summed E-state index contributed by atoms with van der Waals surface area (Å²) < 4.78 is 30.4. The topological polar surface area (TPSA) is 93.4 Å². The average Bonchev–Trinajstić information content (AvgIpc) is 3.45. The molecule has 32 heavy (non-hydrogen) atoms. The Morgan fingerprint density at radius 1 is 1.25 bits per heavy atom. The first-order chi connectivity index (χ1) is 15.2. The number of hydrogen-bond donors (Lipinski definition) is 3.